The molecule has 0 fully saturated rings. The van der Waals surface area contributed by atoms with Crippen LogP contribution >= 0.6 is 23.2 Å². The van der Waals surface area contributed by atoms with Gasteiger partial charge in [0.15, 0.2) is 0 Å². The van der Waals surface area contributed by atoms with Gasteiger partial charge in [0.05, 0.1) is 19.1 Å². The zero-order chi connectivity index (χ0) is 21.0. The summed E-state index contributed by atoms with van der Waals surface area (Å²) >= 11 is 12.2. The molecule has 150 valence electrons. The summed E-state index contributed by atoms with van der Waals surface area (Å²) in [6, 6.07) is 12.1. The van der Waals surface area contributed by atoms with Gasteiger partial charge in [0.25, 0.3) is 5.91 Å². The van der Waals surface area contributed by atoms with Crippen molar-refractivity contribution in [1.29, 1.82) is 0 Å². The van der Waals surface area contributed by atoms with Gasteiger partial charge in [-0.1, -0.05) is 41.4 Å². The molecule has 1 heterocycles. The second kappa shape index (κ2) is 9.11. The molecule has 0 saturated carbocycles. The molecule has 0 aliphatic carbocycles. The van der Waals surface area contributed by atoms with Gasteiger partial charge in [0.2, 0.25) is 0 Å². The summed E-state index contributed by atoms with van der Waals surface area (Å²) in [5.74, 6) is -1.20. The van der Waals surface area contributed by atoms with Crippen LogP contribution in [0.2, 0.25) is 10.0 Å². The summed E-state index contributed by atoms with van der Waals surface area (Å²) in [5, 5.41) is 4.00. The number of amides is 1. The van der Waals surface area contributed by atoms with Crippen LogP contribution < -0.4 is 10.9 Å². The van der Waals surface area contributed by atoms with Crippen LogP contribution in [0.5, 0.6) is 0 Å². The number of ether oxygens (including phenoxy) is 1. The largest absolute Gasteiger partial charge is 0.466 e. The van der Waals surface area contributed by atoms with Crippen LogP contribution in [0.3, 0.4) is 0 Å². The maximum Gasteiger partial charge on any atom is 0.349 e. The van der Waals surface area contributed by atoms with E-state index < -0.39 is 23.5 Å². The lowest BCUT2D eigenvalue weighted by molar-refractivity contribution is -0.143. The molecule has 0 radical (unpaired) electrons. The lowest BCUT2D eigenvalue weighted by Crippen LogP contribution is -2.33. The summed E-state index contributed by atoms with van der Waals surface area (Å²) < 4.78 is 10.2. The third kappa shape index (κ3) is 4.96. The second-order valence-electron chi connectivity index (χ2n) is 6.19. The van der Waals surface area contributed by atoms with Crippen molar-refractivity contribution in [2.24, 2.45) is 0 Å². The van der Waals surface area contributed by atoms with E-state index in [1.165, 1.54) is 6.07 Å². The highest BCUT2D eigenvalue weighted by molar-refractivity contribution is 6.31. The number of halogens is 2. The number of carbonyl (C=O) groups is 2. The average Bonchev–Trinajstić information content (AvgIpc) is 2.67. The van der Waals surface area contributed by atoms with Crippen molar-refractivity contribution in [3.8, 4) is 0 Å². The number of carbonyl (C=O) groups excluding carboxylic acids is 2. The molecule has 1 amide bonds. The normalized spacial score (nSPS) is 11.8. The van der Waals surface area contributed by atoms with E-state index in [1.807, 2.05) is 0 Å². The lowest BCUT2D eigenvalue weighted by atomic mass is 10.0. The highest BCUT2D eigenvalue weighted by Gasteiger charge is 2.24. The fourth-order valence-electron chi connectivity index (χ4n) is 2.87. The molecule has 0 aliphatic heterocycles. The lowest BCUT2D eigenvalue weighted by Gasteiger charge is -2.19. The van der Waals surface area contributed by atoms with Crippen LogP contribution in [-0.2, 0) is 9.53 Å². The summed E-state index contributed by atoms with van der Waals surface area (Å²) in [5.41, 5.74) is -0.166. The molecule has 0 spiro atoms. The Morgan fingerprint density at radius 2 is 1.90 bits per heavy atom. The Morgan fingerprint density at radius 3 is 2.62 bits per heavy atom. The number of rotatable bonds is 6. The van der Waals surface area contributed by atoms with Gasteiger partial charge in [-0.15, -0.1) is 0 Å². The third-order valence-electron chi connectivity index (χ3n) is 4.20. The molecule has 0 saturated heterocycles. The molecule has 1 aromatic heterocycles. The maximum absolute atomic E-state index is 12.8. The Labute approximate surface area is 176 Å². The molecule has 3 aromatic rings. The van der Waals surface area contributed by atoms with E-state index in [4.69, 9.17) is 32.4 Å². The first kappa shape index (κ1) is 20.9. The van der Waals surface area contributed by atoms with E-state index in [1.54, 1.807) is 49.4 Å². The number of hydrogen-bond acceptors (Lipinski definition) is 5. The van der Waals surface area contributed by atoms with Crippen molar-refractivity contribution >= 4 is 46.0 Å². The number of fused-ring (bicyclic) bond motifs is 1. The summed E-state index contributed by atoms with van der Waals surface area (Å²) in [6.45, 7) is 1.89. The fraction of sp³-hybridized carbons (Fsp3) is 0.190. The minimum Gasteiger partial charge on any atom is -0.466 e. The van der Waals surface area contributed by atoms with Gasteiger partial charge >= 0.3 is 11.6 Å². The van der Waals surface area contributed by atoms with Crippen LogP contribution in [0.25, 0.3) is 11.0 Å². The molecular formula is C21H17Cl2NO5. The van der Waals surface area contributed by atoms with E-state index in [0.717, 1.165) is 0 Å². The van der Waals surface area contributed by atoms with Crippen LogP contribution in [-0.4, -0.2) is 18.5 Å². The first-order valence-electron chi connectivity index (χ1n) is 8.83. The molecule has 2 aromatic carbocycles. The standard InChI is InChI=1S/C21H17Cl2NO5/c1-2-28-19(25)11-17(14-5-3-4-6-16(14)23)24-20(26)15-10-12-9-13(22)7-8-18(12)29-21(15)27/h3-10,17H,2,11H2,1H3,(H,24,26)/t17-/m0/s1. The molecule has 0 bridgehead atoms. The molecular weight excluding hydrogens is 417 g/mol. The Balaban J connectivity index is 1.94. The van der Waals surface area contributed by atoms with E-state index in [0.29, 0.717) is 26.6 Å². The van der Waals surface area contributed by atoms with E-state index in [-0.39, 0.29) is 18.6 Å². The topological polar surface area (TPSA) is 85.6 Å². The molecule has 8 heteroatoms. The fourth-order valence-corrected chi connectivity index (χ4v) is 3.32. The van der Waals surface area contributed by atoms with Gasteiger partial charge < -0.3 is 14.5 Å². The zero-order valence-electron chi connectivity index (χ0n) is 15.4. The second-order valence-corrected chi connectivity index (χ2v) is 7.03. The minimum atomic E-state index is -0.800. The quantitative estimate of drug-likeness (QED) is 0.455. The van der Waals surface area contributed by atoms with E-state index in [2.05, 4.69) is 5.32 Å². The van der Waals surface area contributed by atoms with Gasteiger partial charge in [0, 0.05) is 15.4 Å². The monoisotopic (exact) mass is 433 g/mol. The highest BCUT2D eigenvalue weighted by Crippen LogP contribution is 2.26. The number of benzene rings is 2. The number of hydrogen-bond donors (Lipinski definition) is 1. The first-order valence-corrected chi connectivity index (χ1v) is 9.59. The zero-order valence-corrected chi connectivity index (χ0v) is 16.9. The van der Waals surface area contributed by atoms with Gasteiger partial charge in [-0.3, -0.25) is 9.59 Å². The summed E-state index contributed by atoms with van der Waals surface area (Å²) in [7, 11) is 0. The van der Waals surface area contributed by atoms with E-state index >= 15 is 0 Å². The Kier molecular flexibility index (Phi) is 6.56. The van der Waals surface area contributed by atoms with E-state index in [9.17, 15) is 14.4 Å². The predicted molar refractivity (Wildman–Crippen MR) is 110 cm³/mol. The van der Waals surface area contributed by atoms with Crippen LogP contribution in [0.1, 0.15) is 35.3 Å². The Morgan fingerprint density at radius 1 is 1.14 bits per heavy atom. The number of nitrogens with one attached hydrogen (secondary N) is 1. The van der Waals surface area contributed by atoms with Crippen molar-refractivity contribution in [2.75, 3.05) is 6.61 Å². The maximum atomic E-state index is 12.8. The molecule has 1 atom stereocenters. The predicted octanol–water partition coefficient (Wildman–Crippen LogP) is 4.52. The first-order chi connectivity index (χ1) is 13.9. The SMILES string of the molecule is CCOC(=O)C[C@H](NC(=O)c1cc2cc(Cl)ccc2oc1=O)c1ccccc1Cl. The smallest absolute Gasteiger partial charge is 0.349 e. The molecule has 29 heavy (non-hydrogen) atoms. The minimum absolute atomic E-state index is 0.145. The third-order valence-corrected chi connectivity index (χ3v) is 4.78. The van der Waals surface area contributed by atoms with Crippen LogP contribution in [0.4, 0.5) is 0 Å². The van der Waals surface area contributed by atoms with Gasteiger partial charge in [-0.2, -0.15) is 0 Å². The van der Waals surface area contributed by atoms with Crippen molar-refractivity contribution in [1.82, 2.24) is 5.32 Å². The molecule has 6 nitrogen and oxygen atoms in total. The highest BCUT2D eigenvalue weighted by atomic mass is 35.5. The van der Waals surface area contributed by atoms with Gasteiger partial charge in [0.1, 0.15) is 11.1 Å². The molecule has 1 N–H and O–H groups in total. The molecule has 0 aliphatic rings. The van der Waals surface area contributed by atoms with Gasteiger partial charge in [-0.25, -0.2) is 4.79 Å². The van der Waals surface area contributed by atoms with Crippen LogP contribution in [0.15, 0.2) is 57.7 Å². The number of esters is 1. The summed E-state index contributed by atoms with van der Waals surface area (Å²) in [4.78, 5) is 37.1. The van der Waals surface area contributed by atoms with Crippen molar-refractivity contribution in [3.63, 3.8) is 0 Å². The van der Waals surface area contributed by atoms with Gasteiger partial charge in [-0.05, 0) is 42.8 Å². The average molecular weight is 434 g/mol. The van der Waals surface area contributed by atoms with Crippen molar-refractivity contribution < 1.29 is 18.7 Å². The Hall–Kier alpha value is -2.83. The molecule has 0 unspecified atom stereocenters. The van der Waals surface area contributed by atoms with Crippen LogP contribution in [0, 0.1) is 0 Å². The van der Waals surface area contributed by atoms with Crippen molar-refractivity contribution in [3.05, 3.63) is 80.1 Å². The molecule has 3 rings (SSSR count). The van der Waals surface area contributed by atoms with Crippen molar-refractivity contribution in [2.45, 2.75) is 19.4 Å². The summed E-state index contributed by atoms with van der Waals surface area (Å²) in [6.07, 6.45) is -0.145. The Bertz CT molecular complexity index is 1130.